The van der Waals surface area contributed by atoms with E-state index in [0.717, 1.165) is 31.5 Å². The third-order valence-electron chi connectivity index (χ3n) is 5.68. The number of likely N-dealkylation sites (tertiary alicyclic amines) is 1. The maximum absolute atomic E-state index is 12.7. The Bertz CT molecular complexity index is 696. The van der Waals surface area contributed by atoms with Crippen molar-refractivity contribution in [2.24, 2.45) is 10.8 Å². The fraction of sp³-hybridized carbons (Fsp3) is 0.619. The summed E-state index contributed by atoms with van der Waals surface area (Å²) in [6.45, 7) is 7.42. The summed E-state index contributed by atoms with van der Waals surface area (Å²) >= 11 is 0. The van der Waals surface area contributed by atoms with Crippen LogP contribution in [0, 0.1) is 10.8 Å². The topological polar surface area (TPSA) is 49.9 Å². The number of rotatable bonds is 4. The van der Waals surface area contributed by atoms with Gasteiger partial charge in [0.1, 0.15) is 0 Å². The summed E-state index contributed by atoms with van der Waals surface area (Å²) in [4.78, 5) is 28.8. The van der Waals surface area contributed by atoms with Crippen LogP contribution in [0.3, 0.4) is 0 Å². The molecule has 3 rings (SSSR count). The zero-order valence-electron chi connectivity index (χ0n) is 16.5. The number of amides is 1. The van der Waals surface area contributed by atoms with E-state index in [1.807, 2.05) is 36.0 Å². The highest BCUT2D eigenvalue weighted by molar-refractivity contribution is 5.91. The first-order chi connectivity index (χ1) is 12.1. The van der Waals surface area contributed by atoms with Crippen molar-refractivity contribution in [3.8, 4) is 0 Å². The highest BCUT2D eigenvalue weighted by Gasteiger charge is 2.50. The van der Waals surface area contributed by atoms with E-state index >= 15 is 0 Å². The third-order valence-corrected chi connectivity index (χ3v) is 5.68. The van der Waals surface area contributed by atoms with Gasteiger partial charge < -0.3 is 14.5 Å². The van der Waals surface area contributed by atoms with E-state index in [0.29, 0.717) is 5.56 Å². The lowest BCUT2D eigenvalue weighted by molar-refractivity contribution is -0.135. The number of ether oxygens (including phenoxy) is 1. The Hall–Kier alpha value is -2.04. The minimum absolute atomic E-state index is 0.0744. The van der Waals surface area contributed by atoms with Crippen LogP contribution in [-0.4, -0.2) is 50.1 Å². The molecule has 26 heavy (non-hydrogen) atoms. The predicted octanol–water partition coefficient (Wildman–Crippen LogP) is 3.34. The van der Waals surface area contributed by atoms with Gasteiger partial charge in [0.2, 0.25) is 0 Å². The molecule has 0 radical (unpaired) electrons. The molecule has 2 unspecified atom stereocenters. The van der Waals surface area contributed by atoms with Crippen LogP contribution in [0.5, 0.6) is 0 Å². The van der Waals surface area contributed by atoms with Crippen molar-refractivity contribution in [2.75, 3.05) is 32.1 Å². The van der Waals surface area contributed by atoms with Crippen molar-refractivity contribution in [2.45, 2.75) is 46.1 Å². The van der Waals surface area contributed by atoms with Crippen molar-refractivity contribution < 1.29 is 14.3 Å². The summed E-state index contributed by atoms with van der Waals surface area (Å²) in [6, 6.07) is 7.47. The molecule has 1 aromatic rings. The highest BCUT2D eigenvalue weighted by Crippen LogP contribution is 2.52. The highest BCUT2D eigenvalue weighted by atomic mass is 16.5. The number of nitrogens with zero attached hydrogens (tertiary/aromatic N) is 2. The molecule has 1 saturated carbocycles. The van der Waals surface area contributed by atoms with E-state index in [4.69, 9.17) is 4.74 Å². The largest absolute Gasteiger partial charge is 0.452 e. The number of hydrogen-bond acceptors (Lipinski definition) is 4. The molecule has 2 bridgehead atoms. The lowest BCUT2D eigenvalue weighted by atomic mass is 9.65. The monoisotopic (exact) mass is 358 g/mol. The quantitative estimate of drug-likeness (QED) is 0.775. The number of esters is 1. The summed E-state index contributed by atoms with van der Waals surface area (Å²) < 4.78 is 5.29. The van der Waals surface area contributed by atoms with Gasteiger partial charge in [-0.3, -0.25) is 4.79 Å². The minimum atomic E-state index is -0.447. The summed E-state index contributed by atoms with van der Waals surface area (Å²) in [7, 11) is 3.89. The van der Waals surface area contributed by atoms with Crippen molar-refractivity contribution in [3.05, 3.63) is 29.8 Å². The zero-order valence-corrected chi connectivity index (χ0v) is 16.5. The van der Waals surface area contributed by atoms with Gasteiger partial charge >= 0.3 is 5.97 Å². The molecule has 5 nitrogen and oxygen atoms in total. The smallest absolute Gasteiger partial charge is 0.338 e. The van der Waals surface area contributed by atoms with Gasteiger partial charge in [0, 0.05) is 32.4 Å². The molecule has 1 saturated heterocycles. The lowest BCUT2D eigenvalue weighted by Gasteiger charge is -2.39. The van der Waals surface area contributed by atoms with E-state index < -0.39 is 5.97 Å². The molecule has 5 heteroatoms. The molecule has 0 spiro atoms. The Morgan fingerprint density at radius 2 is 1.81 bits per heavy atom. The molecule has 2 atom stereocenters. The summed E-state index contributed by atoms with van der Waals surface area (Å²) in [5, 5.41) is 0. The van der Waals surface area contributed by atoms with Gasteiger partial charge in [0.05, 0.1) is 5.56 Å². The Balaban J connectivity index is 1.58. The van der Waals surface area contributed by atoms with E-state index in [9.17, 15) is 9.59 Å². The van der Waals surface area contributed by atoms with Gasteiger partial charge in [-0.2, -0.15) is 0 Å². The van der Waals surface area contributed by atoms with Gasteiger partial charge in [-0.05, 0) is 54.4 Å². The first kappa shape index (κ1) is 18.7. The molecule has 0 N–H and O–H groups in total. The van der Waals surface area contributed by atoms with Crippen molar-refractivity contribution >= 4 is 17.6 Å². The summed E-state index contributed by atoms with van der Waals surface area (Å²) in [6.07, 6.45) is 3.22. The van der Waals surface area contributed by atoms with Crippen molar-refractivity contribution in [1.29, 1.82) is 0 Å². The van der Waals surface area contributed by atoms with Crippen LogP contribution >= 0.6 is 0 Å². The Morgan fingerprint density at radius 1 is 1.15 bits per heavy atom. The lowest BCUT2D eigenvalue weighted by Crippen LogP contribution is -2.39. The molecule has 2 fully saturated rings. The third kappa shape index (κ3) is 3.87. The van der Waals surface area contributed by atoms with E-state index in [-0.39, 0.29) is 29.4 Å². The zero-order chi connectivity index (χ0) is 19.1. The van der Waals surface area contributed by atoms with Gasteiger partial charge in [0.25, 0.3) is 5.91 Å². The average molecular weight is 358 g/mol. The van der Waals surface area contributed by atoms with Crippen LogP contribution in [0.2, 0.25) is 0 Å². The Morgan fingerprint density at radius 3 is 2.42 bits per heavy atom. The SMILES string of the molecule is CN(C)c1ccc(C(=O)OCC(=O)N2CC3(C)CC2CC(C)(C)C3)cc1. The second-order valence-corrected chi connectivity index (χ2v) is 9.25. The summed E-state index contributed by atoms with van der Waals surface area (Å²) in [5.74, 6) is -0.521. The van der Waals surface area contributed by atoms with Gasteiger partial charge in [-0.15, -0.1) is 0 Å². The van der Waals surface area contributed by atoms with Crippen LogP contribution < -0.4 is 4.90 Å². The second kappa shape index (κ2) is 6.60. The number of benzene rings is 1. The average Bonchev–Trinajstić information content (AvgIpc) is 2.81. The van der Waals surface area contributed by atoms with E-state index in [1.54, 1.807) is 12.1 Å². The van der Waals surface area contributed by atoms with Gasteiger partial charge in [-0.1, -0.05) is 20.8 Å². The maximum atomic E-state index is 12.7. The fourth-order valence-corrected chi connectivity index (χ4v) is 4.94. The van der Waals surface area contributed by atoms with E-state index in [2.05, 4.69) is 20.8 Å². The normalized spacial score (nSPS) is 26.5. The number of hydrogen-bond donors (Lipinski definition) is 0. The van der Waals surface area contributed by atoms with Crippen LogP contribution in [0.25, 0.3) is 0 Å². The van der Waals surface area contributed by atoms with Gasteiger partial charge in [-0.25, -0.2) is 4.79 Å². The van der Waals surface area contributed by atoms with E-state index in [1.165, 1.54) is 0 Å². The Labute approximate surface area is 156 Å². The second-order valence-electron chi connectivity index (χ2n) is 9.25. The minimum Gasteiger partial charge on any atom is -0.452 e. The number of fused-ring (bicyclic) bond motifs is 2. The first-order valence-electron chi connectivity index (χ1n) is 9.33. The fourth-order valence-electron chi connectivity index (χ4n) is 4.94. The molecule has 1 amide bonds. The molecule has 0 aromatic heterocycles. The molecule has 1 aliphatic heterocycles. The molecule has 142 valence electrons. The maximum Gasteiger partial charge on any atom is 0.338 e. The number of carbonyl (C=O) groups excluding carboxylic acids is 2. The molecule has 1 aromatic carbocycles. The standard InChI is InChI=1S/C21H30N2O3/c1-20(2)10-17-11-21(3,13-20)14-23(17)18(24)12-26-19(25)15-6-8-16(9-7-15)22(4)5/h6-9,17H,10-14H2,1-5H3. The molecular formula is C21H30N2O3. The van der Waals surface area contributed by atoms with Crippen LogP contribution in [-0.2, 0) is 9.53 Å². The number of carbonyl (C=O) groups is 2. The summed E-state index contributed by atoms with van der Waals surface area (Å²) in [5.41, 5.74) is 1.93. The molecular weight excluding hydrogens is 328 g/mol. The van der Waals surface area contributed by atoms with Crippen molar-refractivity contribution in [1.82, 2.24) is 4.90 Å². The van der Waals surface area contributed by atoms with Gasteiger partial charge in [0.15, 0.2) is 6.61 Å². The Kier molecular flexibility index (Phi) is 4.76. The molecule has 2 aliphatic rings. The van der Waals surface area contributed by atoms with Crippen LogP contribution in [0.1, 0.15) is 50.4 Å². The van der Waals surface area contributed by atoms with Crippen LogP contribution in [0.15, 0.2) is 24.3 Å². The predicted molar refractivity (Wildman–Crippen MR) is 102 cm³/mol. The molecule has 1 aliphatic carbocycles. The number of anilines is 1. The van der Waals surface area contributed by atoms with Crippen molar-refractivity contribution in [3.63, 3.8) is 0 Å². The van der Waals surface area contributed by atoms with Crippen LogP contribution in [0.4, 0.5) is 5.69 Å². The molecule has 1 heterocycles. The first-order valence-corrected chi connectivity index (χ1v) is 9.33.